The van der Waals surface area contributed by atoms with Crippen LogP contribution in [0.15, 0.2) is 29.2 Å². The number of urea groups is 1. The first-order chi connectivity index (χ1) is 10.6. The number of thioether (sulfide) groups is 1. The van der Waals surface area contributed by atoms with E-state index in [9.17, 15) is 9.90 Å². The second kappa shape index (κ2) is 8.65. The smallest absolute Gasteiger partial charge is 0.317 e. The number of nitrogens with one attached hydrogen (secondary N) is 1. The largest absolute Gasteiger partial charge is 0.393 e. The number of carbonyl (C=O) groups excluding carboxylic acids is 1. The van der Waals surface area contributed by atoms with E-state index < -0.39 is 0 Å². The summed E-state index contributed by atoms with van der Waals surface area (Å²) in [5.41, 5.74) is 0. The molecular weight excluding hydrogens is 320 g/mol. The monoisotopic (exact) mass is 342 g/mol. The number of likely N-dealkylation sites (tertiary alicyclic amines) is 1. The Kier molecular flexibility index (Phi) is 6.86. The van der Waals surface area contributed by atoms with Crippen molar-refractivity contribution < 1.29 is 9.90 Å². The molecule has 0 unspecified atom stereocenters. The molecule has 4 nitrogen and oxygen atoms in total. The van der Waals surface area contributed by atoms with Crippen LogP contribution in [0.1, 0.15) is 19.8 Å². The number of hydrogen-bond donors (Lipinski definition) is 2. The molecule has 2 atom stereocenters. The summed E-state index contributed by atoms with van der Waals surface area (Å²) in [6.07, 6.45) is 1.60. The minimum atomic E-state index is -0.351. The fourth-order valence-corrected chi connectivity index (χ4v) is 3.45. The average Bonchev–Trinajstić information content (AvgIpc) is 2.53. The minimum Gasteiger partial charge on any atom is -0.393 e. The predicted molar refractivity (Wildman–Crippen MR) is 91.6 cm³/mol. The van der Waals surface area contributed by atoms with Gasteiger partial charge < -0.3 is 15.3 Å². The highest BCUT2D eigenvalue weighted by molar-refractivity contribution is 7.99. The third-order valence-electron chi connectivity index (χ3n) is 3.89. The van der Waals surface area contributed by atoms with E-state index in [0.717, 1.165) is 35.1 Å². The van der Waals surface area contributed by atoms with Crippen LogP contribution >= 0.6 is 23.4 Å². The molecule has 2 rings (SSSR count). The molecule has 0 bridgehead atoms. The maximum atomic E-state index is 12.1. The molecule has 0 aliphatic carbocycles. The van der Waals surface area contributed by atoms with E-state index in [0.29, 0.717) is 13.1 Å². The lowest BCUT2D eigenvalue weighted by Gasteiger charge is -2.34. The van der Waals surface area contributed by atoms with Gasteiger partial charge in [-0.1, -0.05) is 11.6 Å². The van der Waals surface area contributed by atoms with Crippen molar-refractivity contribution in [3.8, 4) is 0 Å². The van der Waals surface area contributed by atoms with Crippen LogP contribution in [0.3, 0.4) is 0 Å². The number of hydrogen-bond acceptors (Lipinski definition) is 3. The number of benzene rings is 1. The van der Waals surface area contributed by atoms with Crippen LogP contribution in [0.25, 0.3) is 0 Å². The number of amides is 2. The van der Waals surface area contributed by atoms with Crippen LogP contribution in [-0.4, -0.2) is 47.5 Å². The second-order valence-electron chi connectivity index (χ2n) is 5.62. The fraction of sp³-hybridized carbons (Fsp3) is 0.562. The topological polar surface area (TPSA) is 52.6 Å². The first-order valence-electron chi connectivity index (χ1n) is 7.65. The molecule has 0 radical (unpaired) electrons. The summed E-state index contributed by atoms with van der Waals surface area (Å²) >= 11 is 7.54. The molecule has 1 aliphatic rings. The van der Waals surface area contributed by atoms with Gasteiger partial charge in [-0.25, -0.2) is 4.79 Å². The van der Waals surface area contributed by atoms with Gasteiger partial charge in [-0.15, -0.1) is 11.8 Å². The van der Waals surface area contributed by atoms with Gasteiger partial charge >= 0.3 is 6.03 Å². The third-order valence-corrected chi connectivity index (χ3v) is 5.15. The molecule has 1 saturated heterocycles. The Labute approximate surface area is 141 Å². The Bertz CT molecular complexity index is 482. The first kappa shape index (κ1) is 17.4. The quantitative estimate of drug-likeness (QED) is 0.638. The molecule has 0 spiro atoms. The summed E-state index contributed by atoms with van der Waals surface area (Å²) < 4.78 is 0. The maximum Gasteiger partial charge on any atom is 0.317 e. The lowest BCUT2D eigenvalue weighted by molar-refractivity contribution is 0.0741. The highest BCUT2D eigenvalue weighted by Crippen LogP contribution is 2.21. The molecule has 2 amide bonds. The molecule has 122 valence electrons. The zero-order valence-corrected chi connectivity index (χ0v) is 14.4. The third kappa shape index (κ3) is 5.38. The van der Waals surface area contributed by atoms with Gasteiger partial charge in [0, 0.05) is 41.2 Å². The van der Waals surface area contributed by atoms with Crippen molar-refractivity contribution in [1.82, 2.24) is 10.2 Å². The van der Waals surface area contributed by atoms with Crippen molar-refractivity contribution in [3.63, 3.8) is 0 Å². The van der Waals surface area contributed by atoms with Gasteiger partial charge in [-0.05, 0) is 44.0 Å². The van der Waals surface area contributed by atoms with Crippen molar-refractivity contribution in [2.75, 3.05) is 25.4 Å². The zero-order valence-electron chi connectivity index (χ0n) is 12.8. The predicted octanol–water partition coefficient (Wildman–Crippen LogP) is 3.23. The Balaban J connectivity index is 1.68. The molecule has 1 aromatic rings. The normalized spacial score (nSPS) is 19.8. The van der Waals surface area contributed by atoms with Gasteiger partial charge in [0.25, 0.3) is 0 Å². The molecule has 1 aromatic carbocycles. The highest BCUT2D eigenvalue weighted by atomic mass is 35.5. The van der Waals surface area contributed by atoms with Gasteiger partial charge in [0.1, 0.15) is 0 Å². The number of carbonyl (C=O) groups is 1. The maximum absolute atomic E-state index is 12.1. The fourth-order valence-electron chi connectivity index (χ4n) is 2.56. The van der Waals surface area contributed by atoms with Crippen molar-refractivity contribution >= 4 is 29.4 Å². The van der Waals surface area contributed by atoms with Crippen molar-refractivity contribution in [2.24, 2.45) is 5.92 Å². The number of aliphatic hydroxyl groups is 1. The van der Waals surface area contributed by atoms with Crippen LogP contribution < -0.4 is 5.32 Å². The van der Waals surface area contributed by atoms with E-state index in [-0.39, 0.29) is 18.1 Å². The number of piperidine rings is 1. The highest BCUT2D eigenvalue weighted by Gasteiger charge is 2.26. The van der Waals surface area contributed by atoms with E-state index in [2.05, 4.69) is 5.32 Å². The standard InChI is InChI=1S/C16H23ClN2O2S/c1-12(20)13-3-2-9-19(11-13)16(21)18-8-10-22-15-6-4-14(17)5-7-15/h4-7,12-13,20H,2-3,8-11H2,1H3,(H,18,21)/t12-,13-/m0/s1. The molecule has 1 fully saturated rings. The van der Waals surface area contributed by atoms with Gasteiger partial charge in [0.05, 0.1) is 6.10 Å². The Hall–Kier alpha value is -0.910. The first-order valence-corrected chi connectivity index (χ1v) is 9.02. The Morgan fingerprint density at radius 1 is 1.50 bits per heavy atom. The lowest BCUT2D eigenvalue weighted by atomic mass is 9.94. The summed E-state index contributed by atoms with van der Waals surface area (Å²) in [5.74, 6) is 1.02. The summed E-state index contributed by atoms with van der Waals surface area (Å²) in [5, 5.41) is 13.3. The molecule has 1 heterocycles. The van der Waals surface area contributed by atoms with Crippen molar-refractivity contribution in [1.29, 1.82) is 0 Å². The minimum absolute atomic E-state index is 0.0259. The summed E-state index contributed by atoms with van der Waals surface area (Å²) in [6.45, 7) is 3.85. The molecule has 1 aliphatic heterocycles. The number of aliphatic hydroxyl groups excluding tert-OH is 1. The number of rotatable bonds is 5. The number of halogens is 1. The summed E-state index contributed by atoms with van der Waals surface area (Å²) in [4.78, 5) is 15.1. The zero-order chi connectivity index (χ0) is 15.9. The van der Waals surface area contributed by atoms with Crippen molar-refractivity contribution in [3.05, 3.63) is 29.3 Å². The van der Waals surface area contributed by atoms with E-state index in [4.69, 9.17) is 11.6 Å². The van der Waals surface area contributed by atoms with Crippen LogP contribution in [0.2, 0.25) is 5.02 Å². The molecular formula is C16H23ClN2O2S. The van der Waals surface area contributed by atoms with E-state index >= 15 is 0 Å². The average molecular weight is 343 g/mol. The Morgan fingerprint density at radius 2 is 2.23 bits per heavy atom. The van der Waals surface area contributed by atoms with E-state index in [1.54, 1.807) is 18.7 Å². The van der Waals surface area contributed by atoms with Crippen LogP contribution in [0.5, 0.6) is 0 Å². The summed E-state index contributed by atoms with van der Waals surface area (Å²) in [6, 6.07) is 7.67. The van der Waals surface area contributed by atoms with Crippen LogP contribution in [-0.2, 0) is 0 Å². The SMILES string of the molecule is C[C@H](O)[C@H]1CCCN(C(=O)NCCSc2ccc(Cl)cc2)C1. The van der Waals surface area contributed by atoms with E-state index in [1.165, 1.54) is 0 Å². The molecule has 2 N–H and O–H groups in total. The molecule has 6 heteroatoms. The second-order valence-corrected chi connectivity index (χ2v) is 7.23. The van der Waals surface area contributed by atoms with Crippen molar-refractivity contribution in [2.45, 2.75) is 30.8 Å². The van der Waals surface area contributed by atoms with Gasteiger partial charge in [-0.2, -0.15) is 0 Å². The molecule has 22 heavy (non-hydrogen) atoms. The summed E-state index contributed by atoms with van der Waals surface area (Å²) in [7, 11) is 0. The van der Waals surface area contributed by atoms with Gasteiger partial charge in [-0.3, -0.25) is 0 Å². The lowest BCUT2D eigenvalue weighted by Crippen LogP contribution is -2.47. The van der Waals surface area contributed by atoms with Gasteiger partial charge in [0.15, 0.2) is 0 Å². The molecule has 0 aromatic heterocycles. The van der Waals surface area contributed by atoms with E-state index in [1.807, 2.05) is 29.2 Å². The Morgan fingerprint density at radius 3 is 2.91 bits per heavy atom. The number of nitrogens with zero attached hydrogens (tertiary/aromatic N) is 1. The molecule has 0 saturated carbocycles. The van der Waals surface area contributed by atoms with Crippen LogP contribution in [0.4, 0.5) is 4.79 Å². The van der Waals surface area contributed by atoms with Crippen LogP contribution in [0, 0.1) is 5.92 Å². The van der Waals surface area contributed by atoms with Gasteiger partial charge in [0.2, 0.25) is 0 Å².